The Morgan fingerprint density at radius 1 is 1.12 bits per heavy atom. The summed E-state index contributed by atoms with van der Waals surface area (Å²) in [6, 6.07) is 2.59. The number of carboxylic acids is 1. The number of halogens is 5. The summed E-state index contributed by atoms with van der Waals surface area (Å²) in [6.07, 6.45) is -4.48. The number of likely N-dealkylation sites (tertiary alicyclic amines) is 2. The van der Waals surface area contributed by atoms with Crippen LogP contribution in [0.1, 0.15) is 30.7 Å². The van der Waals surface area contributed by atoms with Gasteiger partial charge in [-0.05, 0) is 37.0 Å². The highest BCUT2D eigenvalue weighted by molar-refractivity contribution is 6.53. The highest BCUT2D eigenvalue weighted by atomic mass is 35.5. The monoisotopic (exact) mass is 604 g/mol. The van der Waals surface area contributed by atoms with Gasteiger partial charge in [-0.3, -0.25) is 33.8 Å². The number of ether oxygens (including phenoxy) is 1. The molecule has 0 radical (unpaired) electrons. The van der Waals surface area contributed by atoms with Gasteiger partial charge < -0.3 is 14.9 Å². The molecule has 2 saturated heterocycles. The Morgan fingerprint density at radius 2 is 1.80 bits per heavy atom. The van der Waals surface area contributed by atoms with Crippen molar-refractivity contribution < 1.29 is 52.1 Å². The van der Waals surface area contributed by atoms with E-state index in [1.54, 1.807) is 0 Å². The molecular formula is C25H21Cl2F3N2O8. The fourth-order valence-corrected chi connectivity index (χ4v) is 7.55. The van der Waals surface area contributed by atoms with Gasteiger partial charge in [0.2, 0.25) is 11.8 Å². The number of allylic oxidation sites excluding steroid dienone is 2. The fourth-order valence-electron chi connectivity index (χ4n) is 6.54. The van der Waals surface area contributed by atoms with E-state index in [2.05, 4.69) is 4.74 Å². The highest BCUT2D eigenvalue weighted by Gasteiger charge is 2.76. The van der Waals surface area contributed by atoms with E-state index in [9.17, 15) is 42.3 Å². The Hall–Kier alpha value is -3.32. The summed E-state index contributed by atoms with van der Waals surface area (Å²) in [4.78, 5) is 61.5. The van der Waals surface area contributed by atoms with Gasteiger partial charge in [0.25, 0.3) is 11.8 Å². The van der Waals surface area contributed by atoms with Crippen molar-refractivity contribution in [2.24, 2.45) is 17.8 Å². The van der Waals surface area contributed by atoms with Crippen LogP contribution in [0.25, 0.3) is 0 Å². The molecular weight excluding hydrogens is 584 g/mol. The first-order valence-corrected chi connectivity index (χ1v) is 12.8. The number of aliphatic carboxylic acids is 1. The number of fused-ring (bicyclic) bond motifs is 4. The molecule has 2 heterocycles. The minimum absolute atomic E-state index is 0.0408. The van der Waals surface area contributed by atoms with Crippen LogP contribution in [0.4, 0.5) is 13.2 Å². The van der Waals surface area contributed by atoms with E-state index in [1.807, 2.05) is 0 Å². The molecule has 5 rings (SSSR count). The molecule has 40 heavy (non-hydrogen) atoms. The van der Waals surface area contributed by atoms with Gasteiger partial charge in [0.05, 0.1) is 18.3 Å². The van der Waals surface area contributed by atoms with Crippen LogP contribution in [-0.2, 0) is 24.0 Å². The molecule has 0 spiro atoms. The lowest BCUT2D eigenvalue weighted by Gasteiger charge is -2.50. The molecule has 4 amide bonds. The molecule has 0 bridgehead atoms. The molecule has 10 nitrogen and oxygen atoms in total. The first-order valence-electron chi connectivity index (χ1n) is 12.1. The van der Waals surface area contributed by atoms with Crippen molar-refractivity contribution in [2.45, 2.75) is 41.3 Å². The van der Waals surface area contributed by atoms with Crippen LogP contribution in [0.5, 0.6) is 11.5 Å². The first-order chi connectivity index (χ1) is 18.5. The van der Waals surface area contributed by atoms with Crippen molar-refractivity contribution in [2.75, 3.05) is 13.6 Å². The number of alkyl halides is 5. The summed E-state index contributed by atoms with van der Waals surface area (Å²) in [7, 11) is 1.13. The number of imide groups is 2. The topological polar surface area (TPSA) is 142 Å². The molecule has 2 aliphatic heterocycles. The Balaban J connectivity index is 1.68. The summed E-state index contributed by atoms with van der Waals surface area (Å²) in [6.45, 7) is -0.380. The standard InChI is InChI=1S/C25H21Cl2F3N2O8/c1-31-21(38)23(26)9-14-11(3-4-12-17(14)20(37)32(19(12)36)7-6-16(34)35)18(24(23,27)22(31)39)13-8-10(2-5-15(13)33)40-25(28,29)30/h2-3,5,8,12,14,17-18,33H,4,6-7,9H2,1H3,(H,34,35). The van der Waals surface area contributed by atoms with E-state index in [4.69, 9.17) is 28.3 Å². The maximum atomic E-state index is 13.5. The average molecular weight is 605 g/mol. The van der Waals surface area contributed by atoms with Crippen molar-refractivity contribution >= 4 is 52.8 Å². The number of rotatable bonds is 5. The number of carbonyl (C=O) groups excluding carboxylic acids is 4. The lowest BCUT2D eigenvalue weighted by atomic mass is 9.56. The quantitative estimate of drug-likeness (QED) is 0.297. The van der Waals surface area contributed by atoms with Crippen molar-refractivity contribution in [1.29, 1.82) is 0 Å². The molecule has 0 aromatic heterocycles. The molecule has 2 aliphatic carbocycles. The van der Waals surface area contributed by atoms with Crippen LogP contribution in [0.3, 0.4) is 0 Å². The molecule has 1 aromatic rings. The van der Waals surface area contributed by atoms with Gasteiger partial charge in [0.1, 0.15) is 11.5 Å². The van der Waals surface area contributed by atoms with Gasteiger partial charge in [-0.1, -0.05) is 11.6 Å². The Bertz CT molecular complexity index is 1400. The number of amides is 4. The molecule has 4 aliphatic rings. The van der Waals surface area contributed by atoms with Crippen LogP contribution in [0.2, 0.25) is 0 Å². The van der Waals surface area contributed by atoms with Crippen molar-refractivity contribution in [3.8, 4) is 11.5 Å². The number of phenolic OH excluding ortho intramolecular Hbond substituents is 1. The summed E-state index contributed by atoms with van der Waals surface area (Å²) < 4.78 is 43.1. The van der Waals surface area contributed by atoms with Crippen molar-refractivity contribution in [3.05, 3.63) is 35.4 Å². The Kier molecular flexibility index (Phi) is 6.42. The fraction of sp³-hybridized carbons (Fsp3) is 0.480. The molecule has 6 atom stereocenters. The molecule has 2 N–H and O–H groups in total. The van der Waals surface area contributed by atoms with E-state index in [0.717, 1.165) is 30.1 Å². The van der Waals surface area contributed by atoms with E-state index >= 15 is 0 Å². The van der Waals surface area contributed by atoms with Crippen LogP contribution in [-0.4, -0.2) is 79.3 Å². The smallest absolute Gasteiger partial charge is 0.508 e. The first kappa shape index (κ1) is 28.2. The van der Waals surface area contributed by atoms with Gasteiger partial charge in [0.15, 0.2) is 9.75 Å². The number of carbonyl (C=O) groups is 5. The molecule has 1 aromatic carbocycles. The number of hydrogen-bond acceptors (Lipinski definition) is 7. The van der Waals surface area contributed by atoms with Crippen molar-refractivity contribution in [1.82, 2.24) is 9.80 Å². The lowest BCUT2D eigenvalue weighted by Crippen LogP contribution is -2.60. The molecule has 3 fully saturated rings. The summed E-state index contributed by atoms with van der Waals surface area (Å²) in [5, 5.41) is 19.8. The third-order valence-electron chi connectivity index (χ3n) is 8.20. The Labute approximate surface area is 234 Å². The third kappa shape index (κ3) is 3.88. The number of phenols is 1. The molecule has 6 unspecified atom stereocenters. The predicted molar refractivity (Wildman–Crippen MR) is 129 cm³/mol. The number of hydrogen-bond donors (Lipinski definition) is 2. The van der Waals surface area contributed by atoms with Gasteiger partial charge in [-0.25, -0.2) is 0 Å². The van der Waals surface area contributed by atoms with E-state index in [-0.39, 0.29) is 30.5 Å². The Morgan fingerprint density at radius 3 is 2.42 bits per heavy atom. The zero-order valence-corrected chi connectivity index (χ0v) is 22.1. The number of aromatic hydroxyl groups is 1. The van der Waals surface area contributed by atoms with E-state index in [0.29, 0.717) is 4.90 Å². The van der Waals surface area contributed by atoms with Crippen LogP contribution in [0, 0.1) is 17.8 Å². The van der Waals surface area contributed by atoms with Crippen LogP contribution in [0.15, 0.2) is 29.8 Å². The normalized spacial score (nSPS) is 33.5. The van der Waals surface area contributed by atoms with Crippen LogP contribution >= 0.6 is 23.2 Å². The van der Waals surface area contributed by atoms with Gasteiger partial charge in [0, 0.05) is 25.1 Å². The largest absolute Gasteiger partial charge is 0.573 e. The summed E-state index contributed by atoms with van der Waals surface area (Å²) in [5.74, 6) is -10.2. The van der Waals surface area contributed by atoms with E-state index in [1.165, 1.54) is 6.08 Å². The molecule has 1 saturated carbocycles. The maximum Gasteiger partial charge on any atom is 0.573 e. The summed E-state index contributed by atoms with van der Waals surface area (Å²) in [5.41, 5.74) is -0.0585. The second kappa shape index (κ2) is 9.10. The number of nitrogens with zero attached hydrogens (tertiary/aromatic N) is 2. The van der Waals surface area contributed by atoms with Gasteiger partial charge in [-0.15, -0.1) is 36.4 Å². The van der Waals surface area contributed by atoms with Crippen LogP contribution < -0.4 is 4.74 Å². The second-order valence-electron chi connectivity index (χ2n) is 10.2. The number of carboxylic acid groups (broad SMARTS) is 1. The molecule has 214 valence electrons. The van der Waals surface area contributed by atoms with E-state index < -0.39 is 87.3 Å². The predicted octanol–water partition coefficient (Wildman–Crippen LogP) is 2.75. The highest BCUT2D eigenvalue weighted by Crippen LogP contribution is 2.66. The van der Waals surface area contributed by atoms with Gasteiger partial charge in [-0.2, -0.15) is 0 Å². The minimum atomic E-state index is -5.09. The number of benzene rings is 1. The van der Waals surface area contributed by atoms with Crippen molar-refractivity contribution in [3.63, 3.8) is 0 Å². The zero-order valence-electron chi connectivity index (χ0n) is 20.6. The summed E-state index contributed by atoms with van der Waals surface area (Å²) >= 11 is 13.8. The lowest BCUT2D eigenvalue weighted by molar-refractivity contribution is -0.274. The zero-order chi connectivity index (χ0) is 29.5. The van der Waals surface area contributed by atoms with Gasteiger partial charge >= 0.3 is 12.3 Å². The third-order valence-corrected chi connectivity index (χ3v) is 9.61. The minimum Gasteiger partial charge on any atom is -0.508 e. The SMILES string of the molecule is CN1C(=O)C2(Cl)CC3C(=CCC4C(=O)N(CCC(=O)O)C(=O)C43)C(c3cc(OC(F)(F)F)ccc3O)C2(Cl)C1=O. The average Bonchev–Trinajstić information content (AvgIpc) is 3.18. The maximum absolute atomic E-state index is 13.5. The molecule has 15 heteroatoms. The second-order valence-corrected chi connectivity index (χ2v) is 11.5.